The lowest BCUT2D eigenvalue weighted by Gasteiger charge is -2.35. The first-order chi connectivity index (χ1) is 13.0. The molecule has 5 heteroatoms. The zero-order valence-corrected chi connectivity index (χ0v) is 16.1. The molecule has 0 aliphatic carbocycles. The van der Waals surface area contributed by atoms with Gasteiger partial charge in [0.25, 0.3) is 0 Å². The number of hydrogen-bond acceptors (Lipinski definition) is 3. The average Bonchev–Trinajstić information content (AvgIpc) is 2.67. The van der Waals surface area contributed by atoms with E-state index in [0.29, 0.717) is 6.54 Å². The second-order valence-electron chi connectivity index (χ2n) is 7.25. The van der Waals surface area contributed by atoms with Crippen LogP contribution in [0.25, 0.3) is 0 Å². The third-order valence-electron chi connectivity index (χ3n) is 5.12. The number of nitrogens with zero attached hydrogens (tertiary/aromatic N) is 2. The van der Waals surface area contributed by atoms with Crippen LogP contribution in [0.1, 0.15) is 31.4 Å². The van der Waals surface area contributed by atoms with Gasteiger partial charge in [-0.2, -0.15) is 0 Å². The van der Waals surface area contributed by atoms with Crippen LogP contribution in [0.5, 0.6) is 5.75 Å². The van der Waals surface area contributed by atoms with Gasteiger partial charge in [-0.1, -0.05) is 31.2 Å². The highest BCUT2D eigenvalue weighted by molar-refractivity contribution is 5.33. The van der Waals surface area contributed by atoms with Gasteiger partial charge in [-0.15, -0.1) is 0 Å². The normalized spacial score (nSPS) is 17.0. The number of para-hydroxylation sites is 1. The summed E-state index contributed by atoms with van der Waals surface area (Å²) in [6, 6.07) is 12.4. The summed E-state index contributed by atoms with van der Waals surface area (Å²) in [4.78, 5) is 4.70. The molecule has 1 unspecified atom stereocenters. The molecule has 1 aliphatic rings. The van der Waals surface area contributed by atoms with Crippen molar-refractivity contribution in [3.8, 4) is 5.75 Å². The predicted molar refractivity (Wildman–Crippen MR) is 104 cm³/mol. The topological polar surface area (TPSA) is 15.7 Å². The number of halogens is 2. The molecule has 2 aromatic carbocycles. The Morgan fingerprint density at radius 2 is 1.59 bits per heavy atom. The van der Waals surface area contributed by atoms with Crippen molar-refractivity contribution in [2.75, 3.05) is 26.2 Å². The Morgan fingerprint density at radius 1 is 0.926 bits per heavy atom. The van der Waals surface area contributed by atoms with Crippen molar-refractivity contribution in [3.05, 3.63) is 65.2 Å². The van der Waals surface area contributed by atoms with Crippen molar-refractivity contribution in [3.63, 3.8) is 0 Å². The van der Waals surface area contributed by atoms with Gasteiger partial charge in [0, 0.05) is 44.8 Å². The minimum atomic E-state index is -0.790. The molecular weight excluding hydrogens is 346 g/mol. The van der Waals surface area contributed by atoms with Crippen LogP contribution in [-0.4, -0.2) is 42.1 Å². The first kappa shape index (κ1) is 19.8. The molecule has 0 spiro atoms. The van der Waals surface area contributed by atoms with Crippen LogP contribution in [0.15, 0.2) is 42.5 Å². The van der Waals surface area contributed by atoms with Crippen molar-refractivity contribution in [1.82, 2.24) is 9.80 Å². The van der Waals surface area contributed by atoms with Crippen LogP contribution in [0.3, 0.4) is 0 Å². The molecule has 0 N–H and O–H groups in total. The van der Waals surface area contributed by atoms with Gasteiger partial charge in [-0.05, 0) is 37.1 Å². The van der Waals surface area contributed by atoms with E-state index in [2.05, 4.69) is 35.8 Å². The number of piperazine rings is 1. The van der Waals surface area contributed by atoms with Gasteiger partial charge in [-0.25, -0.2) is 8.78 Å². The van der Waals surface area contributed by atoms with E-state index in [-0.39, 0.29) is 6.10 Å². The largest absolute Gasteiger partial charge is 0.490 e. The van der Waals surface area contributed by atoms with Crippen molar-refractivity contribution < 1.29 is 13.5 Å². The van der Waals surface area contributed by atoms with E-state index in [0.717, 1.165) is 50.5 Å². The second-order valence-corrected chi connectivity index (χ2v) is 7.25. The monoisotopic (exact) mass is 374 g/mol. The van der Waals surface area contributed by atoms with E-state index in [4.69, 9.17) is 4.74 Å². The van der Waals surface area contributed by atoms with Crippen molar-refractivity contribution in [2.45, 2.75) is 39.5 Å². The summed E-state index contributed by atoms with van der Waals surface area (Å²) < 4.78 is 32.5. The van der Waals surface area contributed by atoms with Gasteiger partial charge in [0.15, 0.2) is 11.6 Å². The highest BCUT2D eigenvalue weighted by atomic mass is 19.2. The highest BCUT2D eigenvalue weighted by Gasteiger charge is 2.19. The Labute approximate surface area is 160 Å². The third-order valence-corrected chi connectivity index (χ3v) is 5.12. The summed E-state index contributed by atoms with van der Waals surface area (Å²) >= 11 is 0. The lowest BCUT2D eigenvalue weighted by atomic mass is 10.1. The Balaban J connectivity index is 1.53. The quantitative estimate of drug-likeness (QED) is 0.712. The van der Waals surface area contributed by atoms with Crippen LogP contribution in [0.2, 0.25) is 0 Å². The Hall–Kier alpha value is -1.98. The lowest BCUT2D eigenvalue weighted by Crippen LogP contribution is -2.45. The Kier molecular flexibility index (Phi) is 6.80. The summed E-state index contributed by atoms with van der Waals surface area (Å²) in [6.07, 6.45) is 1.19. The SMILES string of the molecule is CCC(C)Oc1ccccc1CN1CCN(Cc2ccc(F)c(F)c2)CC1. The molecule has 3 rings (SSSR count). The van der Waals surface area contributed by atoms with Crippen molar-refractivity contribution >= 4 is 0 Å². The number of hydrogen-bond donors (Lipinski definition) is 0. The van der Waals surface area contributed by atoms with Crippen LogP contribution >= 0.6 is 0 Å². The van der Waals surface area contributed by atoms with Crippen LogP contribution < -0.4 is 4.74 Å². The third kappa shape index (κ3) is 5.50. The Bertz CT molecular complexity index is 745. The van der Waals surface area contributed by atoms with Gasteiger partial charge in [0.1, 0.15) is 5.75 Å². The fourth-order valence-corrected chi connectivity index (χ4v) is 3.29. The summed E-state index contributed by atoms with van der Waals surface area (Å²) in [5, 5.41) is 0. The molecule has 0 saturated carbocycles. The van der Waals surface area contributed by atoms with Gasteiger partial charge in [0.2, 0.25) is 0 Å². The smallest absolute Gasteiger partial charge is 0.159 e. The number of ether oxygens (including phenoxy) is 1. The molecule has 0 bridgehead atoms. The maximum absolute atomic E-state index is 13.4. The van der Waals surface area contributed by atoms with Gasteiger partial charge in [-0.3, -0.25) is 9.80 Å². The zero-order valence-electron chi connectivity index (χ0n) is 16.1. The summed E-state index contributed by atoms with van der Waals surface area (Å²) in [5.74, 6) is -0.595. The minimum absolute atomic E-state index is 0.208. The molecule has 1 fully saturated rings. The molecular formula is C22H28F2N2O. The summed E-state index contributed by atoms with van der Waals surface area (Å²) in [5.41, 5.74) is 2.03. The highest BCUT2D eigenvalue weighted by Crippen LogP contribution is 2.22. The summed E-state index contributed by atoms with van der Waals surface area (Å²) in [6.45, 7) is 9.45. The van der Waals surface area contributed by atoms with Crippen molar-refractivity contribution in [2.24, 2.45) is 0 Å². The average molecular weight is 374 g/mol. The molecule has 3 nitrogen and oxygen atoms in total. The van der Waals surface area contributed by atoms with Crippen LogP contribution in [0, 0.1) is 11.6 Å². The van der Waals surface area contributed by atoms with Gasteiger partial charge in [0.05, 0.1) is 6.10 Å². The maximum Gasteiger partial charge on any atom is 0.159 e. The summed E-state index contributed by atoms with van der Waals surface area (Å²) in [7, 11) is 0. The van der Waals surface area contributed by atoms with E-state index in [1.807, 2.05) is 12.1 Å². The minimum Gasteiger partial charge on any atom is -0.490 e. The standard InChI is InChI=1S/C22H28F2N2O/c1-3-17(2)27-22-7-5-4-6-19(22)16-26-12-10-25(11-13-26)15-18-8-9-20(23)21(24)14-18/h4-9,14,17H,3,10-13,15-16H2,1-2H3. The molecule has 1 heterocycles. The fourth-order valence-electron chi connectivity index (χ4n) is 3.29. The van der Waals surface area contributed by atoms with Gasteiger partial charge >= 0.3 is 0 Å². The van der Waals surface area contributed by atoms with E-state index in [9.17, 15) is 8.78 Å². The maximum atomic E-state index is 13.4. The van der Waals surface area contributed by atoms with E-state index < -0.39 is 11.6 Å². The van der Waals surface area contributed by atoms with Crippen molar-refractivity contribution in [1.29, 1.82) is 0 Å². The molecule has 1 saturated heterocycles. The first-order valence-electron chi connectivity index (χ1n) is 9.68. The van der Waals surface area contributed by atoms with Gasteiger partial charge < -0.3 is 4.74 Å². The number of rotatable bonds is 7. The molecule has 146 valence electrons. The van der Waals surface area contributed by atoms with E-state index in [1.54, 1.807) is 6.07 Å². The lowest BCUT2D eigenvalue weighted by molar-refractivity contribution is 0.120. The Morgan fingerprint density at radius 3 is 2.26 bits per heavy atom. The molecule has 2 aromatic rings. The molecule has 1 aliphatic heterocycles. The first-order valence-corrected chi connectivity index (χ1v) is 9.68. The molecule has 0 aromatic heterocycles. The van der Waals surface area contributed by atoms with E-state index in [1.165, 1.54) is 17.7 Å². The van der Waals surface area contributed by atoms with E-state index >= 15 is 0 Å². The van der Waals surface area contributed by atoms with Crippen LogP contribution in [-0.2, 0) is 13.1 Å². The van der Waals surface area contributed by atoms with Crippen LogP contribution in [0.4, 0.5) is 8.78 Å². The fraction of sp³-hybridized carbons (Fsp3) is 0.455. The zero-order chi connectivity index (χ0) is 19.2. The molecule has 0 amide bonds. The molecule has 1 atom stereocenters. The predicted octanol–water partition coefficient (Wildman–Crippen LogP) is 4.46. The molecule has 0 radical (unpaired) electrons. The second kappa shape index (κ2) is 9.29. The molecule has 27 heavy (non-hydrogen) atoms. The number of benzene rings is 2.